The highest BCUT2D eigenvalue weighted by molar-refractivity contribution is 6.05. The van der Waals surface area contributed by atoms with E-state index < -0.39 is 11.8 Å². The minimum Gasteiger partial charge on any atom is -0.497 e. The highest BCUT2D eigenvalue weighted by Crippen LogP contribution is 2.18. The molecule has 4 aromatic rings. The molecule has 4 rings (SSSR count). The van der Waals surface area contributed by atoms with E-state index in [2.05, 4.69) is 26.3 Å². The fourth-order valence-electron chi connectivity index (χ4n) is 3.52. The smallest absolute Gasteiger partial charge is 0.292 e. The number of benzene rings is 2. The molecular weight excluding hydrogens is 438 g/mol. The summed E-state index contributed by atoms with van der Waals surface area (Å²) in [6.45, 7) is 3.96. The van der Waals surface area contributed by atoms with Gasteiger partial charge in [-0.05, 0) is 31.5 Å². The number of carbonyl (C=O) groups excluding carboxylic acids is 2. The van der Waals surface area contributed by atoms with Gasteiger partial charge in [0.1, 0.15) is 5.75 Å². The van der Waals surface area contributed by atoms with Gasteiger partial charge in [0.05, 0.1) is 23.9 Å². The number of aromatic nitrogens is 5. The summed E-state index contributed by atoms with van der Waals surface area (Å²) in [5, 5.41) is 13.0. The van der Waals surface area contributed by atoms with Crippen LogP contribution in [0.4, 0.5) is 0 Å². The van der Waals surface area contributed by atoms with Gasteiger partial charge in [-0.2, -0.15) is 5.10 Å². The van der Waals surface area contributed by atoms with Gasteiger partial charge in [-0.25, -0.2) is 9.36 Å². The lowest BCUT2D eigenvalue weighted by molar-refractivity contribution is 0.0840. The number of hydrogen-bond donors (Lipinski definition) is 2. The molecule has 0 spiro atoms. The van der Waals surface area contributed by atoms with Crippen LogP contribution in [0.2, 0.25) is 0 Å². The number of rotatable bonds is 6. The van der Waals surface area contributed by atoms with Crippen LogP contribution in [0.5, 0.6) is 5.75 Å². The molecule has 2 heterocycles. The van der Waals surface area contributed by atoms with Gasteiger partial charge in [0.15, 0.2) is 11.4 Å². The van der Waals surface area contributed by atoms with E-state index in [0.29, 0.717) is 40.9 Å². The summed E-state index contributed by atoms with van der Waals surface area (Å²) in [5.74, 6) is -0.673. The van der Waals surface area contributed by atoms with E-state index in [9.17, 15) is 14.4 Å². The molecule has 174 valence electrons. The Balaban J connectivity index is 1.56. The Morgan fingerprint density at radius 3 is 2.41 bits per heavy atom. The lowest BCUT2D eigenvalue weighted by Gasteiger charge is -2.11. The van der Waals surface area contributed by atoms with Crippen molar-refractivity contribution < 1.29 is 14.3 Å². The number of aryl methyl sites for hydroxylation is 1. The van der Waals surface area contributed by atoms with E-state index in [0.717, 1.165) is 0 Å². The monoisotopic (exact) mass is 461 g/mol. The molecule has 0 atom stereocenters. The molecule has 2 aromatic heterocycles. The summed E-state index contributed by atoms with van der Waals surface area (Å²) in [5.41, 5.74) is 5.64. The Morgan fingerprint density at radius 2 is 1.71 bits per heavy atom. The molecule has 2 aromatic carbocycles. The third-order valence-electron chi connectivity index (χ3n) is 5.22. The van der Waals surface area contributed by atoms with Gasteiger partial charge in [0.2, 0.25) is 0 Å². The summed E-state index contributed by atoms with van der Waals surface area (Å²) in [7, 11) is 1.56. The number of fused-ring (bicyclic) bond motifs is 1. The van der Waals surface area contributed by atoms with Gasteiger partial charge >= 0.3 is 0 Å². The van der Waals surface area contributed by atoms with E-state index in [-0.39, 0.29) is 16.9 Å². The molecule has 0 saturated heterocycles. The maximum Gasteiger partial charge on any atom is 0.292 e. The van der Waals surface area contributed by atoms with Crippen molar-refractivity contribution in [2.45, 2.75) is 26.8 Å². The third kappa shape index (κ3) is 4.22. The van der Waals surface area contributed by atoms with E-state index in [4.69, 9.17) is 4.74 Å². The van der Waals surface area contributed by atoms with Crippen molar-refractivity contribution in [2.75, 3.05) is 7.11 Å². The predicted molar refractivity (Wildman–Crippen MR) is 124 cm³/mol. The Morgan fingerprint density at radius 1 is 1.00 bits per heavy atom. The van der Waals surface area contributed by atoms with Crippen LogP contribution in [-0.4, -0.2) is 43.7 Å². The first-order valence-corrected chi connectivity index (χ1v) is 10.6. The molecule has 2 amide bonds. The number of amides is 2. The first-order valence-electron chi connectivity index (χ1n) is 10.6. The van der Waals surface area contributed by atoms with E-state index >= 15 is 0 Å². The van der Waals surface area contributed by atoms with Gasteiger partial charge in [-0.1, -0.05) is 36.4 Å². The highest BCUT2D eigenvalue weighted by Gasteiger charge is 2.20. The van der Waals surface area contributed by atoms with Gasteiger partial charge in [0.25, 0.3) is 17.4 Å². The highest BCUT2D eigenvalue weighted by atomic mass is 16.5. The Labute approximate surface area is 194 Å². The summed E-state index contributed by atoms with van der Waals surface area (Å²) >= 11 is 0. The fourth-order valence-corrected chi connectivity index (χ4v) is 3.52. The summed E-state index contributed by atoms with van der Waals surface area (Å²) in [6.07, 6.45) is 0.672. The Kier molecular flexibility index (Phi) is 6.35. The number of hydrogen-bond acceptors (Lipinski definition) is 7. The SMILES string of the molecule is CCCn1nc(C(=O)NNC(=O)c2nnn(-c3cccc(OC)c3)c2C)c2ccccc2c1=O. The second-order valence-corrected chi connectivity index (χ2v) is 7.47. The van der Waals surface area contributed by atoms with Gasteiger partial charge in [0, 0.05) is 18.0 Å². The number of methoxy groups -OCH3 is 1. The number of carbonyl (C=O) groups is 2. The zero-order chi connectivity index (χ0) is 24.2. The molecule has 2 N–H and O–H groups in total. The maximum absolute atomic E-state index is 12.9. The van der Waals surface area contributed by atoms with Gasteiger partial charge < -0.3 is 4.74 Å². The second-order valence-electron chi connectivity index (χ2n) is 7.47. The lowest BCUT2D eigenvalue weighted by atomic mass is 10.1. The first-order chi connectivity index (χ1) is 16.4. The van der Waals surface area contributed by atoms with Crippen LogP contribution in [0, 0.1) is 6.92 Å². The predicted octanol–water partition coefficient (Wildman–Crippen LogP) is 1.78. The van der Waals surface area contributed by atoms with Crippen molar-refractivity contribution in [2.24, 2.45) is 0 Å². The number of hydrazine groups is 1. The van der Waals surface area contributed by atoms with Crippen molar-refractivity contribution in [1.82, 2.24) is 35.6 Å². The minimum atomic E-state index is -0.660. The van der Waals surface area contributed by atoms with Crippen LogP contribution in [0.1, 0.15) is 40.0 Å². The molecule has 0 aliphatic carbocycles. The second kappa shape index (κ2) is 9.53. The van der Waals surface area contributed by atoms with E-state index in [1.807, 2.05) is 6.92 Å². The zero-order valence-corrected chi connectivity index (χ0v) is 18.9. The Bertz CT molecular complexity index is 1440. The van der Waals surface area contributed by atoms with Crippen LogP contribution >= 0.6 is 0 Å². The third-order valence-corrected chi connectivity index (χ3v) is 5.22. The van der Waals surface area contributed by atoms with Crippen molar-refractivity contribution >= 4 is 22.6 Å². The van der Waals surface area contributed by atoms with Crippen LogP contribution in [0.3, 0.4) is 0 Å². The molecule has 11 heteroatoms. The summed E-state index contributed by atoms with van der Waals surface area (Å²) < 4.78 is 7.97. The molecule has 0 aliphatic rings. The number of nitrogens with one attached hydrogen (secondary N) is 2. The molecule has 34 heavy (non-hydrogen) atoms. The molecular formula is C23H23N7O4. The fraction of sp³-hybridized carbons (Fsp3) is 0.217. The van der Waals surface area contributed by atoms with E-state index in [1.165, 1.54) is 9.36 Å². The molecule has 0 fully saturated rings. The first kappa shape index (κ1) is 22.6. The summed E-state index contributed by atoms with van der Waals surface area (Å²) in [4.78, 5) is 38.2. The van der Waals surface area contributed by atoms with Crippen molar-refractivity contribution in [3.63, 3.8) is 0 Å². The van der Waals surface area contributed by atoms with Crippen LogP contribution in [-0.2, 0) is 6.54 Å². The average molecular weight is 461 g/mol. The maximum atomic E-state index is 12.9. The van der Waals surface area contributed by atoms with Crippen LogP contribution in [0.25, 0.3) is 16.5 Å². The molecule has 0 saturated carbocycles. The van der Waals surface area contributed by atoms with Crippen molar-refractivity contribution in [3.8, 4) is 11.4 Å². The largest absolute Gasteiger partial charge is 0.497 e. The zero-order valence-electron chi connectivity index (χ0n) is 18.9. The lowest BCUT2D eigenvalue weighted by Crippen LogP contribution is -2.43. The Hall–Kier alpha value is -4.54. The number of ether oxygens (including phenoxy) is 1. The minimum absolute atomic E-state index is 0.0284. The average Bonchev–Trinajstić information content (AvgIpc) is 3.25. The molecule has 0 unspecified atom stereocenters. The molecule has 0 bridgehead atoms. The molecule has 11 nitrogen and oxygen atoms in total. The van der Waals surface area contributed by atoms with Gasteiger partial charge in [-0.15, -0.1) is 5.10 Å². The molecule has 0 radical (unpaired) electrons. The van der Waals surface area contributed by atoms with Crippen molar-refractivity contribution in [3.05, 3.63) is 76.0 Å². The normalized spacial score (nSPS) is 10.8. The van der Waals surface area contributed by atoms with E-state index in [1.54, 1.807) is 62.6 Å². The van der Waals surface area contributed by atoms with Crippen LogP contribution < -0.4 is 21.1 Å². The van der Waals surface area contributed by atoms with Gasteiger partial charge in [-0.3, -0.25) is 25.2 Å². The van der Waals surface area contributed by atoms with Crippen LogP contribution in [0.15, 0.2) is 53.3 Å². The standard InChI is InChI=1S/C23H23N7O4/c1-4-12-29-23(33)18-11-6-5-10-17(18)20(27-29)22(32)26-25-21(31)19-14(2)30(28-24-19)15-8-7-9-16(13-15)34-3/h5-11,13H,4,12H2,1-3H3,(H,25,31)(H,26,32). The quantitative estimate of drug-likeness (QED) is 0.418. The van der Waals surface area contributed by atoms with Crippen molar-refractivity contribution in [1.29, 1.82) is 0 Å². The number of nitrogens with zero attached hydrogens (tertiary/aromatic N) is 5. The molecule has 0 aliphatic heterocycles. The summed E-state index contributed by atoms with van der Waals surface area (Å²) in [6, 6.07) is 13.9. The topological polar surface area (TPSA) is 133 Å².